The molecule has 0 rings (SSSR count). The molecule has 0 radical (unpaired) electrons. The largest absolute Gasteiger partial charge is 0.472 e. The number of hydrogen-bond donors (Lipinski definition) is 4. The molecule has 0 aromatic heterocycles. The third-order valence-corrected chi connectivity index (χ3v) is 15.7. The van der Waals surface area contributed by atoms with Crippen LogP contribution in [0.2, 0.25) is 0 Å². The van der Waals surface area contributed by atoms with Gasteiger partial charge in [-0.25, -0.2) is 9.13 Å². The van der Waals surface area contributed by atoms with Crippen LogP contribution >= 0.6 is 15.6 Å². The van der Waals surface area contributed by atoms with E-state index in [0.29, 0.717) is 19.3 Å². The van der Waals surface area contributed by atoms with Crippen molar-refractivity contribution in [2.45, 2.75) is 283 Å². The summed E-state index contributed by atoms with van der Waals surface area (Å²) in [5, 5.41) is 20.5. The summed E-state index contributed by atoms with van der Waals surface area (Å²) in [5.74, 6) is -1.62. The number of allylic oxidation sites excluding steroid dienone is 16. The third-order valence-electron chi connectivity index (χ3n) is 13.8. The molecule has 0 aliphatic rings. The van der Waals surface area contributed by atoms with Gasteiger partial charge in [-0.05, 0) is 103 Å². The molecule has 0 saturated carbocycles. The highest BCUT2D eigenvalue weighted by atomic mass is 31.2. The van der Waals surface area contributed by atoms with E-state index in [4.69, 9.17) is 32.3 Å². The van der Waals surface area contributed by atoms with E-state index in [1.807, 2.05) is 0 Å². The van der Waals surface area contributed by atoms with Crippen LogP contribution in [0.15, 0.2) is 97.2 Å². The summed E-state index contributed by atoms with van der Waals surface area (Å²) in [5.41, 5.74) is 0. The number of esters is 3. The summed E-state index contributed by atoms with van der Waals surface area (Å²) in [6.07, 6.45) is 67.4. The lowest BCUT2D eigenvalue weighted by Gasteiger charge is -2.21. The van der Waals surface area contributed by atoms with Crippen LogP contribution in [0.1, 0.15) is 265 Å². The molecule has 0 heterocycles. The van der Waals surface area contributed by atoms with Crippen LogP contribution in [-0.4, -0.2) is 95.9 Å². The van der Waals surface area contributed by atoms with E-state index in [-0.39, 0.29) is 19.3 Å². The fourth-order valence-electron chi connectivity index (χ4n) is 8.66. The van der Waals surface area contributed by atoms with Gasteiger partial charge in [-0.15, -0.1) is 0 Å². The van der Waals surface area contributed by atoms with Crippen molar-refractivity contribution in [3.8, 4) is 0 Å². The van der Waals surface area contributed by atoms with Gasteiger partial charge in [-0.2, -0.15) is 0 Å². The van der Waals surface area contributed by atoms with Gasteiger partial charge in [0.05, 0.1) is 26.4 Å². The number of phosphoric ester groups is 2. The Hall–Kier alpha value is -3.53. The van der Waals surface area contributed by atoms with Crippen LogP contribution < -0.4 is 0 Å². The van der Waals surface area contributed by atoms with Gasteiger partial charge in [0.2, 0.25) is 0 Å². The maximum Gasteiger partial charge on any atom is 0.472 e. The molecule has 0 saturated heterocycles. The van der Waals surface area contributed by atoms with Crippen molar-refractivity contribution in [1.82, 2.24) is 0 Å². The van der Waals surface area contributed by atoms with Gasteiger partial charge in [0, 0.05) is 19.3 Å². The van der Waals surface area contributed by atoms with E-state index < -0.39 is 91.5 Å². The Balaban J connectivity index is 4.69. The predicted molar refractivity (Wildman–Crippen MR) is 353 cm³/mol. The summed E-state index contributed by atoms with van der Waals surface area (Å²) in [6, 6.07) is 0. The summed E-state index contributed by atoms with van der Waals surface area (Å²) >= 11 is 0. The SMILES string of the molecule is CC/C=C\C/C=C\C/C=C\C/C=C\C/C=C\CCCCCC(=O)OCC(O)COP(=O)(O)OCC(O)COP(=O)(O)OCC(COC(=O)CCCCCCCC/C=C\C/C=C\C/C=C\CCCCC)OC(=O)CCCCCCCCCCCCCCC. The molecule has 0 spiro atoms. The van der Waals surface area contributed by atoms with E-state index in [2.05, 4.69) is 118 Å². The van der Waals surface area contributed by atoms with Gasteiger partial charge in [0.25, 0.3) is 0 Å². The first-order valence-corrected chi connectivity index (χ1v) is 36.5. The van der Waals surface area contributed by atoms with Crippen molar-refractivity contribution in [2.75, 3.05) is 39.6 Å². The first-order chi connectivity index (χ1) is 42.2. The summed E-state index contributed by atoms with van der Waals surface area (Å²) in [6.45, 7) is 2.47. The molecule has 0 aliphatic heterocycles. The summed E-state index contributed by atoms with van der Waals surface area (Å²) < 4.78 is 60.8. The second-order valence-corrected chi connectivity index (χ2v) is 25.2. The first-order valence-electron chi connectivity index (χ1n) is 33.5. The molecule has 0 amide bonds. The third kappa shape index (κ3) is 63.8. The maximum absolute atomic E-state index is 12.9. The van der Waals surface area contributed by atoms with Crippen LogP contribution in [-0.2, 0) is 55.8 Å². The highest BCUT2D eigenvalue weighted by molar-refractivity contribution is 7.47. The molecule has 0 aromatic carbocycles. The molecule has 4 N–H and O–H groups in total. The molecular weight excluding hydrogens is 1150 g/mol. The first kappa shape index (κ1) is 83.5. The standard InChI is InChI=1S/C69H120O16P2/c1-4-7-10-13-16-19-22-25-27-29-31-33-35-38-40-43-46-49-52-55-67(72)79-58-64(70)59-81-86(75,76)82-60-65(71)61-83-87(77,78)84-63-66(85-69(74)57-54-51-48-45-42-37-24-21-18-15-12-9-6-3)62-80-68(73)56-53-50-47-44-41-39-36-34-32-30-28-26-23-20-17-14-11-8-5-2/h7,10,16-17,19-20,25-28,31-34,38,40,64-66,70-71H,4-6,8-9,11-15,18,21-24,29-30,35-37,39,41-63H2,1-3H3,(H,75,76)(H,77,78)/b10-7-,19-16-,20-17-,27-25-,28-26-,33-31-,34-32-,40-38-. The molecule has 16 nitrogen and oxygen atoms in total. The number of aliphatic hydroxyl groups excluding tert-OH is 2. The monoisotopic (exact) mass is 1270 g/mol. The quantitative estimate of drug-likeness (QED) is 0.0146. The van der Waals surface area contributed by atoms with Crippen LogP contribution in [0.4, 0.5) is 0 Å². The average molecular weight is 1270 g/mol. The van der Waals surface area contributed by atoms with Crippen LogP contribution in [0.3, 0.4) is 0 Å². The Labute approximate surface area is 527 Å². The molecule has 0 fully saturated rings. The van der Waals surface area contributed by atoms with Crippen molar-refractivity contribution < 1.29 is 75.8 Å². The number of unbranched alkanes of at least 4 members (excludes halogenated alkanes) is 24. The number of phosphoric acid groups is 2. The van der Waals surface area contributed by atoms with Crippen molar-refractivity contribution in [1.29, 1.82) is 0 Å². The lowest BCUT2D eigenvalue weighted by Crippen LogP contribution is -2.30. The molecule has 87 heavy (non-hydrogen) atoms. The number of aliphatic hydroxyl groups is 2. The van der Waals surface area contributed by atoms with Crippen LogP contribution in [0, 0.1) is 0 Å². The Morgan fingerprint density at radius 1 is 0.333 bits per heavy atom. The molecule has 18 heteroatoms. The minimum absolute atomic E-state index is 0.103. The minimum atomic E-state index is -4.93. The second-order valence-electron chi connectivity index (χ2n) is 22.2. The van der Waals surface area contributed by atoms with Gasteiger partial charge in [0.15, 0.2) is 6.10 Å². The second kappa shape index (κ2) is 62.7. The topological polar surface area (TPSA) is 231 Å². The fourth-order valence-corrected chi connectivity index (χ4v) is 10.2. The van der Waals surface area contributed by atoms with Gasteiger partial charge < -0.3 is 34.2 Å². The zero-order chi connectivity index (χ0) is 63.8. The van der Waals surface area contributed by atoms with Crippen LogP contribution in [0.5, 0.6) is 0 Å². The molecule has 502 valence electrons. The molecular formula is C69H120O16P2. The fraction of sp³-hybridized carbons (Fsp3) is 0.725. The molecule has 5 atom stereocenters. The lowest BCUT2D eigenvalue weighted by molar-refractivity contribution is -0.161. The van der Waals surface area contributed by atoms with E-state index in [9.17, 15) is 43.5 Å². The molecule has 0 aliphatic carbocycles. The number of carbonyl (C=O) groups excluding carboxylic acids is 3. The van der Waals surface area contributed by atoms with Crippen molar-refractivity contribution in [2.24, 2.45) is 0 Å². The summed E-state index contributed by atoms with van der Waals surface area (Å²) in [4.78, 5) is 58.3. The number of carbonyl (C=O) groups is 3. The Morgan fingerprint density at radius 2 is 0.609 bits per heavy atom. The highest BCUT2D eigenvalue weighted by Gasteiger charge is 2.29. The van der Waals surface area contributed by atoms with Gasteiger partial charge in [0.1, 0.15) is 25.4 Å². The van der Waals surface area contributed by atoms with E-state index in [1.54, 1.807) is 0 Å². The zero-order valence-electron chi connectivity index (χ0n) is 54.2. The molecule has 0 bridgehead atoms. The van der Waals surface area contributed by atoms with Crippen molar-refractivity contribution in [3.63, 3.8) is 0 Å². The predicted octanol–water partition coefficient (Wildman–Crippen LogP) is 18.3. The van der Waals surface area contributed by atoms with Crippen molar-refractivity contribution >= 4 is 33.6 Å². The smallest absolute Gasteiger partial charge is 0.463 e. The van der Waals surface area contributed by atoms with E-state index in [1.165, 1.54) is 70.6 Å². The van der Waals surface area contributed by atoms with Gasteiger partial charge in [-0.1, -0.05) is 240 Å². The Bertz CT molecular complexity index is 1980. The molecule has 5 unspecified atom stereocenters. The summed E-state index contributed by atoms with van der Waals surface area (Å²) in [7, 11) is -9.78. The van der Waals surface area contributed by atoms with E-state index >= 15 is 0 Å². The zero-order valence-corrected chi connectivity index (χ0v) is 56.0. The average Bonchev–Trinajstić information content (AvgIpc) is 3.63. The Kier molecular flexibility index (Phi) is 60.1. The highest BCUT2D eigenvalue weighted by Crippen LogP contribution is 2.45. The van der Waals surface area contributed by atoms with Gasteiger partial charge in [-0.3, -0.25) is 32.5 Å². The normalized spacial score (nSPS) is 14.9. The lowest BCUT2D eigenvalue weighted by atomic mass is 10.0. The van der Waals surface area contributed by atoms with Crippen molar-refractivity contribution in [3.05, 3.63) is 97.2 Å². The van der Waals surface area contributed by atoms with Gasteiger partial charge >= 0.3 is 33.6 Å². The van der Waals surface area contributed by atoms with Crippen LogP contribution in [0.25, 0.3) is 0 Å². The van der Waals surface area contributed by atoms with E-state index in [0.717, 1.165) is 135 Å². The minimum Gasteiger partial charge on any atom is -0.463 e. The number of rotatable bonds is 63. The molecule has 0 aromatic rings. The maximum atomic E-state index is 12.9. The number of hydrogen-bond acceptors (Lipinski definition) is 14. The number of ether oxygens (including phenoxy) is 3. The Morgan fingerprint density at radius 3 is 1.00 bits per heavy atom.